The first-order valence-electron chi connectivity index (χ1n) is 6.49. The van der Waals surface area contributed by atoms with Gasteiger partial charge < -0.3 is 9.84 Å². The number of rotatable bonds is 7. The van der Waals surface area contributed by atoms with E-state index in [-0.39, 0.29) is 16.1 Å². The number of carboxylic acids is 1. The summed E-state index contributed by atoms with van der Waals surface area (Å²) in [5.41, 5.74) is 0.0893. The maximum atomic E-state index is 12.3. The summed E-state index contributed by atoms with van der Waals surface area (Å²) < 4.78 is 32.4. The van der Waals surface area contributed by atoms with E-state index >= 15 is 0 Å². The fourth-order valence-electron chi connectivity index (χ4n) is 1.69. The number of ether oxygens (including phenoxy) is 1. The molecule has 1 aromatic heterocycles. The predicted octanol–water partition coefficient (Wildman–Crippen LogP) is 3.04. The van der Waals surface area contributed by atoms with Crippen LogP contribution in [0.5, 0.6) is 5.75 Å². The number of aromatic carboxylic acids is 1. The minimum atomic E-state index is -3.77. The third kappa shape index (κ3) is 3.77. The van der Waals surface area contributed by atoms with E-state index in [1.165, 1.54) is 41.0 Å². The molecule has 0 aliphatic rings. The number of hydrogen-bond acceptors (Lipinski definition) is 5. The van der Waals surface area contributed by atoms with E-state index in [1.807, 2.05) is 6.92 Å². The van der Waals surface area contributed by atoms with Gasteiger partial charge in [-0.2, -0.15) is 11.3 Å². The highest BCUT2D eigenvalue weighted by molar-refractivity contribution is 7.92. The zero-order chi connectivity index (χ0) is 16.2. The van der Waals surface area contributed by atoms with Crippen molar-refractivity contribution in [3.8, 4) is 5.75 Å². The minimum Gasteiger partial charge on any atom is -0.491 e. The highest BCUT2D eigenvalue weighted by atomic mass is 32.2. The Bertz CT molecular complexity index is 754. The highest BCUT2D eigenvalue weighted by Crippen LogP contribution is 2.29. The van der Waals surface area contributed by atoms with Crippen molar-refractivity contribution in [1.29, 1.82) is 0 Å². The SMILES string of the molecule is CCCOc1ccc(C(=O)O)cc1NS(=O)(=O)c1ccsc1. The van der Waals surface area contributed by atoms with Gasteiger partial charge in [0, 0.05) is 5.38 Å². The molecule has 0 radical (unpaired) electrons. The van der Waals surface area contributed by atoms with Gasteiger partial charge >= 0.3 is 5.97 Å². The summed E-state index contributed by atoms with van der Waals surface area (Å²) in [6, 6.07) is 5.54. The average Bonchev–Trinajstić information content (AvgIpc) is 3.00. The number of sulfonamides is 1. The molecular weight excluding hydrogens is 326 g/mol. The Kier molecular flexibility index (Phi) is 5.04. The largest absolute Gasteiger partial charge is 0.491 e. The molecule has 0 aliphatic carbocycles. The maximum Gasteiger partial charge on any atom is 0.335 e. The first-order chi connectivity index (χ1) is 10.4. The molecule has 6 nitrogen and oxygen atoms in total. The van der Waals surface area contributed by atoms with Crippen LogP contribution in [0.1, 0.15) is 23.7 Å². The molecule has 0 saturated heterocycles. The molecular formula is C14H15NO5S2. The lowest BCUT2D eigenvalue weighted by atomic mass is 10.2. The van der Waals surface area contributed by atoms with Gasteiger partial charge in [-0.05, 0) is 36.1 Å². The van der Waals surface area contributed by atoms with Crippen LogP contribution in [0.2, 0.25) is 0 Å². The Morgan fingerprint density at radius 2 is 2.14 bits per heavy atom. The van der Waals surface area contributed by atoms with Gasteiger partial charge in [-0.25, -0.2) is 13.2 Å². The number of benzene rings is 1. The van der Waals surface area contributed by atoms with Gasteiger partial charge in [0.05, 0.1) is 22.8 Å². The molecule has 118 valence electrons. The Hall–Kier alpha value is -2.06. The van der Waals surface area contributed by atoms with Crippen LogP contribution in [0.4, 0.5) is 5.69 Å². The molecule has 1 aromatic carbocycles. The van der Waals surface area contributed by atoms with Crippen LogP contribution in [-0.4, -0.2) is 26.1 Å². The summed E-state index contributed by atoms with van der Waals surface area (Å²) in [7, 11) is -3.77. The summed E-state index contributed by atoms with van der Waals surface area (Å²) >= 11 is 1.26. The van der Waals surface area contributed by atoms with Crippen LogP contribution in [0.15, 0.2) is 39.9 Å². The van der Waals surface area contributed by atoms with Crippen molar-refractivity contribution in [2.45, 2.75) is 18.2 Å². The Morgan fingerprint density at radius 3 is 2.73 bits per heavy atom. The molecule has 0 bridgehead atoms. The van der Waals surface area contributed by atoms with E-state index in [9.17, 15) is 13.2 Å². The number of carbonyl (C=O) groups is 1. The van der Waals surface area contributed by atoms with Crippen molar-refractivity contribution in [3.63, 3.8) is 0 Å². The molecule has 1 heterocycles. The molecule has 2 aromatic rings. The number of hydrogen-bond donors (Lipinski definition) is 2. The molecule has 0 fully saturated rings. The molecule has 2 N–H and O–H groups in total. The number of thiophene rings is 1. The number of carboxylic acid groups (broad SMARTS) is 1. The lowest BCUT2D eigenvalue weighted by Crippen LogP contribution is -2.14. The van der Waals surface area contributed by atoms with Crippen LogP contribution < -0.4 is 9.46 Å². The zero-order valence-electron chi connectivity index (χ0n) is 11.8. The third-order valence-corrected chi connectivity index (χ3v) is 4.93. The maximum absolute atomic E-state index is 12.3. The molecule has 0 atom stereocenters. The minimum absolute atomic E-state index is 0.0214. The van der Waals surface area contributed by atoms with Gasteiger partial charge in [0.15, 0.2) is 0 Å². The van der Waals surface area contributed by atoms with Gasteiger partial charge in [0.1, 0.15) is 5.75 Å². The van der Waals surface area contributed by atoms with Gasteiger partial charge in [-0.1, -0.05) is 6.92 Å². The quantitative estimate of drug-likeness (QED) is 0.807. The molecule has 0 aliphatic heterocycles. The van der Waals surface area contributed by atoms with Crippen LogP contribution in [0.25, 0.3) is 0 Å². The lowest BCUT2D eigenvalue weighted by Gasteiger charge is -2.13. The lowest BCUT2D eigenvalue weighted by molar-refractivity contribution is 0.0697. The normalized spacial score (nSPS) is 11.1. The van der Waals surface area contributed by atoms with Crippen molar-refractivity contribution >= 4 is 33.0 Å². The fourth-order valence-corrected chi connectivity index (χ4v) is 3.78. The number of nitrogens with one attached hydrogen (secondary N) is 1. The van der Waals surface area contributed by atoms with E-state index in [0.717, 1.165) is 6.42 Å². The van der Waals surface area contributed by atoms with E-state index in [0.29, 0.717) is 12.4 Å². The molecule has 0 spiro atoms. The van der Waals surface area contributed by atoms with E-state index in [1.54, 1.807) is 5.38 Å². The molecule has 8 heteroatoms. The predicted molar refractivity (Wildman–Crippen MR) is 84.3 cm³/mol. The topological polar surface area (TPSA) is 92.7 Å². The second-order valence-corrected chi connectivity index (χ2v) is 6.89. The van der Waals surface area contributed by atoms with Gasteiger partial charge in [-0.3, -0.25) is 4.72 Å². The van der Waals surface area contributed by atoms with Crippen molar-refractivity contribution < 1.29 is 23.1 Å². The fraction of sp³-hybridized carbons (Fsp3) is 0.214. The van der Waals surface area contributed by atoms with Crippen LogP contribution in [0, 0.1) is 0 Å². The van der Waals surface area contributed by atoms with Crippen LogP contribution >= 0.6 is 11.3 Å². The summed E-state index contributed by atoms with van der Waals surface area (Å²) in [6.45, 7) is 2.32. The summed E-state index contributed by atoms with van der Waals surface area (Å²) in [5, 5.41) is 12.2. The highest BCUT2D eigenvalue weighted by Gasteiger charge is 2.18. The molecule has 2 rings (SSSR count). The second kappa shape index (κ2) is 6.80. The van der Waals surface area contributed by atoms with E-state index < -0.39 is 16.0 Å². The zero-order valence-corrected chi connectivity index (χ0v) is 13.4. The summed E-state index contributed by atoms with van der Waals surface area (Å²) in [4.78, 5) is 11.2. The van der Waals surface area contributed by atoms with Crippen molar-refractivity contribution in [2.24, 2.45) is 0 Å². The van der Waals surface area contributed by atoms with Gasteiger partial charge in [0.25, 0.3) is 10.0 Å². The standard InChI is InChI=1S/C14H15NO5S2/c1-2-6-20-13-4-3-10(14(16)17)8-12(13)15-22(18,19)11-5-7-21-9-11/h3-5,7-9,15H,2,6H2,1H3,(H,16,17). The summed E-state index contributed by atoms with van der Waals surface area (Å²) in [5.74, 6) is -0.844. The van der Waals surface area contributed by atoms with Crippen molar-refractivity contribution in [3.05, 3.63) is 40.6 Å². The monoisotopic (exact) mass is 341 g/mol. The molecule has 0 amide bonds. The first-order valence-corrected chi connectivity index (χ1v) is 8.92. The van der Waals surface area contributed by atoms with Crippen molar-refractivity contribution in [1.82, 2.24) is 0 Å². The molecule has 22 heavy (non-hydrogen) atoms. The third-order valence-electron chi connectivity index (χ3n) is 2.74. The Labute approximate surface area is 132 Å². The van der Waals surface area contributed by atoms with Gasteiger partial charge in [0.2, 0.25) is 0 Å². The first kappa shape index (κ1) is 16.3. The number of anilines is 1. The van der Waals surface area contributed by atoms with Crippen LogP contribution in [-0.2, 0) is 10.0 Å². The second-order valence-electron chi connectivity index (χ2n) is 4.43. The van der Waals surface area contributed by atoms with Crippen LogP contribution in [0.3, 0.4) is 0 Å². The molecule has 0 unspecified atom stereocenters. The van der Waals surface area contributed by atoms with E-state index in [4.69, 9.17) is 9.84 Å². The Balaban J connectivity index is 2.38. The molecule has 0 saturated carbocycles. The average molecular weight is 341 g/mol. The summed E-state index contributed by atoms with van der Waals surface area (Å²) in [6.07, 6.45) is 0.747. The van der Waals surface area contributed by atoms with Crippen molar-refractivity contribution in [2.75, 3.05) is 11.3 Å². The smallest absolute Gasteiger partial charge is 0.335 e. The Morgan fingerprint density at radius 1 is 1.36 bits per heavy atom. The van der Waals surface area contributed by atoms with Gasteiger partial charge in [-0.15, -0.1) is 0 Å². The van der Waals surface area contributed by atoms with E-state index in [2.05, 4.69) is 4.72 Å².